The van der Waals surface area contributed by atoms with Crippen molar-refractivity contribution in [1.29, 1.82) is 0 Å². The van der Waals surface area contributed by atoms with Crippen LogP contribution in [0, 0.1) is 11.8 Å². The normalized spacial score (nSPS) is 27.3. The van der Waals surface area contributed by atoms with Crippen LogP contribution < -0.4 is 5.73 Å². The van der Waals surface area contributed by atoms with Crippen molar-refractivity contribution in [3.8, 4) is 0 Å². The quantitative estimate of drug-likeness (QED) is 0.930. The lowest BCUT2D eigenvalue weighted by atomic mass is 9.71. The third-order valence-corrected chi connectivity index (χ3v) is 4.99. The first-order chi connectivity index (χ1) is 10.8. The Bertz CT molecular complexity index is 487. The zero-order valence-electron chi connectivity index (χ0n) is 13.0. The fraction of sp³-hybridized carbons (Fsp3) is 0.611. The van der Waals surface area contributed by atoms with Crippen LogP contribution in [-0.4, -0.2) is 32.3 Å². The van der Waals surface area contributed by atoms with Gasteiger partial charge in [0.2, 0.25) is 5.91 Å². The Morgan fingerprint density at radius 1 is 1.05 bits per heavy atom. The van der Waals surface area contributed by atoms with Crippen LogP contribution in [0.1, 0.15) is 47.5 Å². The molecular formula is C18H25NO3. The second kappa shape index (κ2) is 7.25. The van der Waals surface area contributed by atoms with E-state index in [1.807, 2.05) is 18.2 Å². The number of amides is 1. The number of carbonyl (C=O) groups is 1. The zero-order chi connectivity index (χ0) is 15.4. The Labute approximate surface area is 132 Å². The molecular weight excluding hydrogens is 278 g/mol. The van der Waals surface area contributed by atoms with Gasteiger partial charge in [-0.1, -0.05) is 18.2 Å². The molecule has 2 unspecified atom stereocenters. The number of ether oxygens (including phenoxy) is 2. The van der Waals surface area contributed by atoms with Crippen LogP contribution in [0.5, 0.6) is 0 Å². The van der Waals surface area contributed by atoms with Gasteiger partial charge in [-0.2, -0.15) is 0 Å². The van der Waals surface area contributed by atoms with Gasteiger partial charge in [-0.25, -0.2) is 0 Å². The van der Waals surface area contributed by atoms with Crippen LogP contribution in [0.25, 0.3) is 0 Å². The molecule has 0 saturated carbocycles. The lowest BCUT2D eigenvalue weighted by Crippen LogP contribution is -2.34. The topological polar surface area (TPSA) is 61.6 Å². The first-order valence-corrected chi connectivity index (χ1v) is 8.31. The summed E-state index contributed by atoms with van der Waals surface area (Å²) < 4.78 is 11.4. The largest absolute Gasteiger partial charge is 0.381 e. The predicted octanol–water partition coefficient (Wildman–Crippen LogP) is 2.72. The molecule has 0 aliphatic carbocycles. The van der Waals surface area contributed by atoms with Gasteiger partial charge in [0.05, 0.1) is 0 Å². The third-order valence-electron chi connectivity index (χ3n) is 4.99. The van der Waals surface area contributed by atoms with Crippen LogP contribution in [0.4, 0.5) is 0 Å². The molecule has 2 atom stereocenters. The van der Waals surface area contributed by atoms with E-state index in [0.717, 1.165) is 57.7 Å². The average molecular weight is 303 g/mol. The lowest BCUT2D eigenvalue weighted by molar-refractivity contribution is -0.00124. The van der Waals surface area contributed by atoms with Gasteiger partial charge in [0, 0.05) is 32.0 Å². The van der Waals surface area contributed by atoms with E-state index in [1.165, 1.54) is 0 Å². The minimum absolute atomic E-state index is 0.296. The molecule has 22 heavy (non-hydrogen) atoms. The molecule has 2 N–H and O–H groups in total. The Balaban J connectivity index is 1.95. The van der Waals surface area contributed by atoms with Gasteiger partial charge in [-0.3, -0.25) is 4.79 Å². The van der Waals surface area contributed by atoms with E-state index in [1.54, 1.807) is 0 Å². The summed E-state index contributed by atoms with van der Waals surface area (Å²) in [6.07, 6.45) is 4.48. The molecule has 1 aromatic rings. The first-order valence-electron chi connectivity index (χ1n) is 8.31. The molecule has 2 heterocycles. The predicted molar refractivity (Wildman–Crippen MR) is 84.8 cm³/mol. The Morgan fingerprint density at radius 3 is 2.14 bits per heavy atom. The minimum Gasteiger partial charge on any atom is -0.381 e. The third kappa shape index (κ3) is 3.33. The second-order valence-electron chi connectivity index (χ2n) is 6.43. The molecule has 1 aromatic carbocycles. The van der Waals surface area contributed by atoms with Crippen molar-refractivity contribution >= 4 is 5.91 Å². The maximum atomic E-state index is 11.9. The molecule has 0 radical (unpaired) electrons. The number of benzene rings is 1. The number of primary amides is 1. The van der Waals surface area contributed by atoms with Crippen molar-refractivity contribution in [2.75, 3.05) is 26.4 Å². The summed E-state index contributed by atoms with van der Waals surface area (Å²) in [5, 5.41) is 0. The summed E-state index contributed by atoms with van der Waals surface area (Å²) in [5.41, 5.74) is 7.35. The van der Waals surface area contributed by atoms with Gasteiger partial charge in [0.25, 0.3) is 0 Å². The number of hydrogen-bond donors (Lipinski definition) is 1. The molecule has 4 heteroatoms. The van der Waals surface area contributed by atoms with E-state index in [-0.39, 0.29) is 5.91 Å². The van der Waals surface area contributed by atoms with Gasteiger partial charge in [0.1, 0.15) is 0 Å². The highest BCUT2D eigenvalue weighted by atomic mass is 16.5. The number of hydrogen-bond acceptors (Lipinski definition) is 3. The summed E-state index contributed by atoms with van der Waals surface area (Å²) in [5.74, 6) is 0.847. The summed E-state index contributed by atoms with van der Waals surface area (Å²) in [4.78, 5) is 11.9. The number of carbonyl (C=O) groups excluding carboxylic acids is 1. The van der Waals surface area contributed by atoms with Crippen molar-refractivity contribution in [2.45, 2.75) is 31.6 Å². The molecule has 0 spiro atoms. The molecule has 120 valence electrons. The van der Waals surface area contributed by atoms with Gasteiger partial charge in [-0.05, 0) is 55.1 Å². The first kappa shape index (κ1) is 15.5. The van der Waals surface area contributed by atoms with Crippen molar-refractivity contribution in [2.24, 2.45) is 17.6 Å². The molecule has 2 aliphatic rings. The number of nitrogens with two attached hydrogens (primary N) is 1. The summed E-state index contributed by atoms with van der Waals surface area (Å²) in [6, 6.07) is 7.80. The second-order valence-corrected chi connectivity index (χ2v) is 6.43. The average Bonchev–Trinajstić information content (AvgIpc) is 2.57. The van der Waals surface area contributed by atoms with Gasteiger partial charge >= 0.3 is 0 Å². The van der Waals surface area contributed by atoms with E-state index in [2.05, 4.69) is 6.07 Å². The zero-order valence-corrected chi connectivity index (χ0v) is 13.0. The summed E-state index contributed by atoms with van der Waals surface area (Å²) >= 11 is 0. The Hall–Kier alpha value is -1.39. The van der Waals surface area contributed by atoms with Gasteiger partial charge in [0.15, 0.2) is 0 Å². The Kier molecular flexibility index (Phi) is 5.11. The van der Waals surface area contributed by atoms with Gasteiger partial charge < -0.3 is 15.2 Å². The van der Waals surface area contributed by atoms with Crippen LogP contribution >= 0.6 is 0 Å². The highest BCUT2D eigenvalue weighted by molar-refractivity contribution is 5.94. The maximum Gasteiger partial charge on any atom is 0.248 e. The summed E-state index contributed by atoms with van der Waals surface area (Å²) in [6.45, 7) is 3.24. The Morgan fingerprint density at radius 2 is 1.64 bits per heavy atom. The van der Waals surface area contributed by atoms with E-state index in [4.69, 9.17) is 15.2 Å². The fourth-order valence-corrected chi connectivity index (χ4v) is 4.00. The van der Waals surface area contributed by atoms with Crippen LogP contribution in [0.2, 0.25) is 0 Å². The van der Waals surface area contributed by atoms with Crippen molar-refractivity contribution < 1.29 is 14.3 Å². The monoisotopic (exact) mass is 303 g/mol. The van der Waals surface area contributed by atoms with Crippen LogP contribution in [0.3, 0.4) is 0 Å². The lowest BCUT2D eigenvalue weighted by Gasteiger charge is -2.38. The van der Waals surface area contributed by atoms with Gasteiger partial charge in [-0.15, -0.1) is 0 Å². The molecule has 2 saturated heterocycles. The molecule has 3 rings (SSSR count). The highest BCUT2D eigenvalue weighted by Gasteiger charge is 2.35. The maximum absolute atomic E-state index is 11.9. The van der Waals surface area contributed by atoms with Crippen molar-refractivity contribution in [3.05, 3.63) is 35.4 Å². The molecule has 2 aliphatic heterocycles. The fourth-order valence-electron chi connectivity index (χ4n) is 4.00. The summed E-state index contributed by atoms with van der Waals surface area (Å²) in [7, 11) is 0. The van der Waals surface area contributed by atoms with Crippen molar-refractivity contribution in [1.82, 2.24) is 0 Å². The smallest absolute Gasteiger partial charge is 0.248 e. The number of rotatable bonds is 4. The van der Waals surface area contributed by atoms with Crippen LogP contribution in [-0.2, 0) is 9.47 Å². The van der Waals surface area contributed by atoms with Crippen molar-refractivity contribution in [3.63, 3.8) is 0 Å². The van der Waals surface area contributed by atoms with E-state index in [9.17, 15) is 4.79 Å². The highest BCUT2D eigenvalue weighted by Crippen LogP contribution is 2.41. The molecule has 4 nitrogen and oxygen atoms in total. The SMILES string of the molecule is NC(=O)c1ccccc1C(C1CCCOC1)C1CCCOC1. The van der Waals surface area contributed by atoms with E-state index < -0.39 is 0 Å². The molecule has 2 fully saturated rings. The molecule has 0 aromatic heterocycles. The molecule has 0 bridgehead atoms. The standard InChI is InChI=1S/C18H25NO3/c19-18(20)16-8-2-1-7-15(16)17(13-5-3-9-21-11-13)14-6-4-10-22-12-14/h1-2,7-8,13-14,17H,3-6,9-12H2,(H2,19,20). The minimum atomic E-state index is -0.339. The van der Waals surface area contributed by atoms with E-state index in [0.29, 0.717) is 23.3 Å². The van der Waals surface area contributed by atoms with E-state index >= 15 is 0 Å². The molecule has 1 amide bonds. The van der Waals surface area contributed by atoms with Crippen LogP contribution in [0.15, 0.2) is 24.3 Å².